The van der Waals surface area contributed by atoms with Gasteiger partial charge in [0.05, 0.1) is 6.54 Å². The summed E-state index contributed by atoms with van der Waals surface area (Å²) in [5, 5.41) is 3.21. The minimum Gasteiger partial charge on any atom is -0.368 e. The lowest BCUT2D eigenvalue weighted by Gasteiger charge is -2.27. The summed E-state index contributed by atoms with van der Waals surface area (Å²) in [6, 6.07) is 8.25. The second-order valence-electron chi connectivity index (χ2n) is 5.62. The fourth-order valence-corrected chi connectivity index (χ4v) is 2.64. The molecule has 0 aliphatic carbocycles. The van der Waals surface area contributed by atoms with E-state index >= 15 is 0 Å². The standard InChI is InChI=1S/C16H23N3O2/c1-12-2-4-13(5-3-12)6-7-16(21)19(11-15(17)20)14-8-9-18-10-14/h2-5,14,18H,6-11H2,1H3,(H2,17,20). The lowest BCUT2D eigenvalue weighted by molar-refractivity contribution is -0.137. The van der Waals surface area contributed by atoms with Gasteiger partial charge in [-0.15, -0.1) is 0 Å². The third-order valence-electron chi connectivity index (χ3n) is 3.87. The molecule has 0 spiro atoms. The maximum Gasteiger partial charge on any atom is 0.237 e. The van der Waals surface area contributed by atoms with Gasteiger partial charge in [0, 0.05) is 19.0 Å². The number of aryl methyl sites for hydroxylation is 2. The van der Waals surface area contributed by atoms with Gasteiger partial charge in [-0.1, -0.05) is 29.8 Å². The largest absolute Gasteiger partial charge is 0.368 e. The van der Waals surface area contributed by atoms with Gasteiger partial charge in [-0.25, -0.2) is 0 Å². The molecule has 0 aromatic heterocycles. The van der Waals surface area contributed by atoms with Crippen molar-refractivity contribution in [3.8, 4) is 0 Å². The minimum atomic E-state index is -0.453. The Morgan fingerprint density at radius 2 is 2.05 bits per heavy atom. The van der Waals surface area contributed by atoms with E-state index in [1.807, 2.05) is 31.2 Å². The normalized spacial score (nSPS) is 17.7. The van der Waals surface area contributed by atoms with Crippen LogP contribution < -0.4 is 11.1 Å². The number of carbonyl (C=O) groups is 2. The molecule has 114 valence electrons. The molecule has 1 aromatic rings. The molecule has 1 atom stereocenters. The monoisotopic (exact) mass is 289 g/mol. The van der Waals surface area contributed by atoms with Crippen molar-refractivity contribution < 1.29 is 9.59 Å². The van der Waals surface area contributed by atoms with E-state index in [1.54, 1.807) is 4.90 Å². The molecule has 1 aromatic carbocycles. The summed E-state index contributed by atoms with van der Waals surface area (Å²) in [6.07, 6.45) is 1.98. The van der Waals surface area contributed by atoms with Crippen LogP contribution in [0.15, 0.2) is 24.3 Å². The van der Waals surface area contributed by atoms with Crippen molar-refractivity contribution in [3.05, 3.63) is 35.4 Å². The van der Waals surface area contributed by atoms with Crippen LogP contribution in [0.2, 0.25) is 0 Å². The molecule has 0 saturated carbocycles. The number of amides is 2. The summed E-state index contributed by atoms with van der Waals surface area (Å²) in [7, 11) is 0. The Balaban J connectivity index is 1.94. The zero-order valence-corrected chi connectivity index (χ0v) is 12.5. The maximum absolute atomic E-state index is 12.4. The van der Waals surface area contributed by atoms with E-state index in [-0.39, 0.29) is 18.5 Å². The van der Waals surface area contributed by atoms with Gasteiger partial charge in [-0.05, 0) is 31.9 Å². The average Bonchev–Trinajstić information content (AvgIpc) is 2.97. The molecular formula is C16H23N3O2. The highest BCUT2D eigenvalue weighted by Gasteiger charge is 2.27. The number of benzene rings is 1. The Bertz CT molecular complexity index is 493. The van der Waals surface area contributed by atoms with E-state index in [1.165, 1.54) is 5.56 Å². The van der Waals surface area contributed by atoms with Crippen LogP contribution in [0.3, 0.4) is 0 Å². The van der Waals surface area contributed by atoms with Crippen molar-refractivity contribution >= 4 is 11.8 Å². The third-order valence-corrected chi connectivity index (χ3v) is 3.87. The first-order chi connectivity index (χ1) is 10.1. The van der Waals surface area contributed by atoms with Gasteiger partial charge in [-0.3, -0.25) is 9.59 Å². The first-order valence-corrected chi connectivity index (χ1v) is 7.40. The molecule has 5 nitrogen and oxygen atoms in total. The Morgan fingerprint density at radius 3 is 2.62 bits per heavy atom. The molecule has 0 radical (unpaired) electrons. The summed E-state index contributed by atoms with van der Waals surface area (Å²) in [6.45, 7) is 3.67. The summed E-state index contributed by atoms with van der Waals surface area (Å²) in [5.74, 6) is -0.450. The van der Waals surface area contributed by atoms with E-state index in [0.29, 0.717) is 12.8 Å². The summed E-state index contributed by atoms with van der Waals surface area (Å²) >= 11 is 0. The molecule has 3 N–H and O–H groups in total. The number of nitrogens with one attached hydrogen (secondary N) is 1. The van der Waals surface area contributed by atoms with Crippen LogP contribution in [0.25, 0.3) is 0 Å². The summed E-state index contributed by atoms with van der Waals surface area (Å²) in [5.41, 5.74) is 7.61. The van der Waals surface area contributed by atoms with Gasteiger partial charge < -0.3 is 16.0 Å². The van der Waals surface area contributed by atoms with Gasteiger partial charge >= 0.3 is 0 Å². The van der Waals surface area contributed by atoms with Crippen molar-refractivity contribution in [2.45, 2.75) is 32.2 Å². The quantitative estimate of drug-likeness (QED) is 0.805. The topological polar surface area (TPSA) is 75.4 Å². The Hall–Kier alpha value is -1.88. The van der Waals surface area contributed by atoms with Crippen molar-refractivity contribution in [1.29, 1.82) is 0 Å². The number of nitrogens with two attached hydrogens (primary N) is 1. The predicted molar refractivity (Wildman–Crippen MR) is 81.7 cm³/mol. The first kappa shape index (κ1) is 15.5. The van der Waals surface area contributed by atoms with Gasteiger partial charge in [0.15, 0.2) is 0 Å². The van der Waals surface area contributed by atoms with Crippen LogP contribution in [0.4, 0.5) is 0 Å². The molecule has 21 heavy (non-hydrogen) atoms. The second kappa shape index (κ2) is 7.22. The molecular weight excluding hydrogens is 266 g/mol. The second-order valence-corrected chi connectivity index (χ2v) is 5.62. The fraction of sp³-hybridized carbons (Fsp3) is 0.500. The molecule has 5 heteroatoms. The lowest BCUT2D eigenvalue weighted by Crippen LogP contribution is -2.46. The summed E-state index contributed by atoms with van der Waals surface area (Å²) < 4.78 is 0. The molecule has 2 rings (SSSR count). The SMILES string of the molecule is Cc1ccc(CCC(=O)N(CC(N)=O)C2CCNC2)cc1. The number of hydrogen-bond acceptors (Lipinski definition) is 3. The maximum atomic E-state index is 12.4. The highest BCUT2D eigenvalue weighted by Crippen LogP contribution is 2.12. The van der Waals surface area contributed by atoms with Crippen LogP contribution in [0.1, 0.15) is 24.0 Å². The lowest BCUT2D eigenvalue weighted by atomic mass is 10.1. The van der Waals surface area contributed by atoms with Crippen molar-refractivity contribution in [3.63, 3.8) is 0 Å². The zero-order valence-electron chi connectivity index (χ0n) is 12.5. The van der Waals surface area contributed by atoms with E-state index in [4.69, 9.17) is 5.73 Å². The molecule has 1 unspecified atom stereocenters. The number of nitrogens with zero attached hydrogens (tertiary/aromatic N) is 1. The van der Waals surface area contributed by atoms with E-state index < -0.39 is 5.91 Å². The average molecular weight is 289 g/mol. The fourth-order valence-electron chi connectivity index (χ4n) is 2.64. The first-order valence-electron chi connectivity index (χ1n) is 7.40. The minimum absolute atomic E-state index is 0.00285. The van der Waals surface area contributed by atoms with E-state index in [2.05, 4.69) is 5.32 Å². The van der Waals surface area contributed by atoms with Crippen LogP contribution in [-0.4, -0.2) is 42.4 Å². The Labute approximate surface area is 125 Å². The van der Waals surface area contributed by atoms with Gasteiger partial charge in [-0.2, -0.15) is 0 Å². The van der Waals surface area contributed by atoms with Gasteiger partial charge in [0.2, 0.25) is 11.8 Å². The smallest absolute Gasteiger partial charge is 0.237 e. The van der Waals surface area contributed by atoms with Crippen LogP contribution in [-0.2, 0) is 16.0 Å². The van der Waals surface area contributed by atoms with E-state index in [9.17, 15) is 9.59 Å². The van der Waals surface area contributed by atoms with Crippen molar-refractivity contribution in [1.82, 2.24) is 10.2 Å². The van der Waals surface area contributed by atoms with Crippen LogP contribution in [0, 0.1) is 6.92 Å². The van der Waals surface area contributed by atoms with Crippen LogP contribution in [0.5, 0.6) is 0 Å². The predicted octanol–water partition coefficient (Wildman–Crippen LogP) is 0.603. The van der Waals surface area contributed by atoms with Crippen molar-refractivity contribution in [2.24, 2.45) is 5.73 Å². The van der Waals surface area contributed by atoms with Gasteiger partial charge in [0.25, 0.3) is 0 Å². The van der Waals surface area contributed by atoms with Crippen molar-refractivity contribution in [2.75, 3.05) is 19.6 Å². The highest BCUT2D eigenvalue weighted by molar-refractivity contribution is 5.84. The Morgan fingerprint density at radius 1 is 1.33 bits per heavy atom. The van der Waals surface area contributed by atoms with E-state index in [0.717, 1.165) is 25.1 Å². The van der Waals surface area contributed by atoms with Crippen LogP contribution >= 0.6 is 0 Å². The van der Waals surface area contributed by atoms with Gasteiger partial charge in [0.1, 0.15) is 0 Å². The molecule has 0 bridgehead atoms. The zero-order chi connectivity index (χ0) is 15.2. The third kappa shape index (κ3) is 4.56. The molecule has 1 aliphatic rings. The summed E-state index contributed by atoms with van der Waals surface area (Å²) in [4.78, 5) is 25.2. The molecule has 1 heterocycles. The molecule has 1 aliphatic heterocycles. The number of carbonyl (C=O) groups excluding carboxylic acids is 2. The molecule has 1 saturated heterocycles. The highest BCUT2D eigenvalue weighted by atomic mass is 16.2. The number of rotatable bonds is 6. The molecule has 1 fully saturated rings. The number of primary amides is 1. The molecule has 2 amide bonds. The Kier molecular flexibility index (Phi) is 5.33. The number of hydrogen-bond donors (Lipinski definition) is 2.